The molecule has 1 aliphatic rings. The van der Waals surface area contributed by atoms with E-state index in [1.807, 2.05) is 0 Å². The molecule has 0 radical (unpaired) electrons. The van der Waals surface area contributed by atoms with Crippen molar-refractivity contribution in [3.63, 3.8) is 0 Å². The molecule has 1 aromatic rings. The molecule has 7 nitrogen and oxygen atoms in total. The van der Waals surface area contributed by atoms with Crippen LogP contribution in [0.1, 0.15) is 76.9 Å². The van der Waals surface area contributed by atoms with E-state index in [4.69, 9.17) is 13.9 Å². The molecule has 1 fully saturated rings. The second-order valence-electron chi connectivity index (χ2n) is 7.83. The second-order valence-corrected chi connectivity index (χ2v) is 7.83. The molecule has 1 aromatic heterocycles. The fourth-order valence-electron chi connectivity index (χ4n) is 3.58. The Balaban J connectivity index is 1.82. The minimum Gasteiger partial charge on any atom is -0.459 e. The van der Waals surface area contributed by atoms with E-state index in [0.717, 1.165) is 19.3 Å². The number of hydrogen-bond acceptors (Lipinski definition) is 7. The maximum Gasteiger partial charge on any atom is 0.336 e. The zero-order valence-corrected chi connectivity index (χ0v) is 17.4. The van der Waals surface area contributed by atoms with Gasteiger partial charge in [0.25, 0.3) is 0 Å². The van der Waals surface area contributed by atoms with E-state index in [1.165, 1.54) is 50.7 Å². The smallest absolute Gasteiger partial charge is 0.336 e. The predicted octanol–water partition coefficient (Wildman–Crippen LogP) is 2.92. The molecule has 0 bridgehead atoms. The Morgan fingerprint density at radius 1 is 1.00 bits per heavy atom. The first-order valence-electron chi connectivity index (χ1n) is 11.0. The maximum atomic E-state index is 11.6. The van der Waals surface area contributed by atoms with Crippen molar-refractivity contribution in [2.45, 2.75) is 102 Å². The number of hydrogen-bond donors (Lipinski definition) is 3. The summed E-state index contributed by atoms with van der Waals surface area (Å²) in [7, 11) is 0. The van der Waals surface area contributed by atoms with E-state index in [2.05, 4.69) is 6.92 Å². The third-order valence-corrected chi connectivity index (χ3v) is 5.34. The quantitative estimate of drug-likeness (QED) is 0.427. The molecule has 4 atom stereocenters. The third kappa shape index (κ3) is 8.09. The van der Waals surface area contributed by atoms with Crippen LogP contribution in [0.3, 0.4) is 0 Å². The molecule has 1 aliphatic heterocycles. The van der Waals surface area contributed by atoms with Crippen molar-refractivity contribution in [2.24, 2.45) is 0 Å². The second kappa shape index (κ2) is 13.0. The zero-order valence-electron chi connectivity index (χ0n) is 17.4. The highest BCUT2D eigenvalue weighted by molar-refractivity contribution is 5.24. The average molecular weight is 413 g/mol. The fourth-order valence-corrected chi connectivity index (χ4v) is 3.58. The van der Waals surface area contributed by atoms with Crippen LogP contribution in [-0.4, -0.2) is 46.5 Å². The van der Waals surface area contributed by atoms with Crippen molar-refractivity contribution in [3.05, 3.63) is 28.3 Å². The first-order valence-corrected chi connectivity index (χ1v) is 11.0. The normalized spacial score (nSPS) is 24.6. The number of ether oxygens (including phenoxy) is 2. The highest BCUT2D eigenvalue weighted by Gasteiger charge is 2.37. The lowest BCUT2D eigenvalue weighted by Crippen LogP contribution is -2.51. The van der Waals surface area contributed by atoms with Gasteiger partial charge in [0, 0.05) is 18.9 Å². The summed E-state index contributed by atoms with van der Waals surface area (Å²) in [4.78, 5) is 11.6. The summed E-state index contributed by atoms with van der Waals surface area (Å²) < 4.78 is 16.5. The van der Waals surface area contributed by atoms with Crippen LogP contribution in [0.4, 0.5) is 0 Å². The Hall–Kier alpha value is -1.41. The van der Waals surface area contributed by atoms with Crippen LogP contribution in [0.25, 0.3) is 0 Å². The van der Waals surface area contributed by atoms with Gasteiger partial charge in [-0.15, -0.1) is 0 Å². The summed E-state index contributed by atoms with van der Waals surface area (Å²) in [5.74, 6) is 0.782. The van der Waals surface area contributed by atoms with E-state index < -0.39 is 30.2 Å². The molecule has 7 heteroatoms. The van der Waals surface area contributed by atoms with Gasteiger partial charge in [-0.25, -0.2) is 4.79 Å². The maximum absolute atomic E-state index is 11.6. The monoisotopic (exact) mass is 412 g/mol. The van der Waals surface area contributed by atoms with Crippen molar-refractivity contribution >= 4 is 0 Å². The van der Waals surface area contributed by atoms with Crippen LogP contribution >= 0.6 is 0 Å². The number of aliphatic hydroxyl groups excluding tert-OH is 3. The molecule has 0 unspecified atom stereocenters. The summed E-state index contributed by atoms with van der Waals surface area (Å²) in [6.45, 7) is 1.85. The summed E-state index contributed by atoms with van der Waals surface area (Å²) in [6.07, 6.45) is 7.51. The first kappa shape index (κ1) is 23.9. The Labute approximate surface area is 172 Å². The Morgan fingerprint density at radius 2 is 1.66 bits per heavy atom. The fraction of sp³-hybridized carbons (Fsp3) is 0.773. The minimum atomic E-state index is -1.04. The molecule has 2 heterocycles. The van der Waals surface area contributed by atoms with E-state index in [-0.39, 0.29) is 13.0 Å². The number of unbranched alkanes of at least 4 members (excludes halogenated alkanes) is 8. The molecule has 3 N–H and O–H groups in total. The van der Waals surface area contributed by atoms with Gasteiger partial charge in [-0.05, 0) is 12.5 Å². The summed E-state index contributed by atoms with van der Waals surface area (Å²) in [6, 6.07) is 2.78. The molecule has 0 spiro atoms. The zero-order chi connectivity index (χ0) is 21.1. The summed E-state index contributed by atoms with van der Waals surface area (Å²) >= 11 is 0. The molecular weight excluding hydrogens is 376 g/mol. The first-order chi connectivity index (χ1) is 14.0. The molecule has 166 valence electrons. The molecule has 1 saturated heterocycles. The van der Waals surface area contributed by atoms with Gasteiger partial charge >= 0.3 is 5.63 Å². The molecule has 0 aliphatic carbocycles. The largest absolute Gasteiger partial charge is 0.459 e. The molecule has 0 saturated carbocycles. The van der Waals surface area contributed by atoms with Crippen LogP contribution in [0.5, 0.6) is 5.75 Å². The number of aryl methyl sites for hydroxylation is 1. The van der Waals surface area contributed by atoms with E-state index >= 15 is 0 Å². The molecule has 2 rings (SSSR count). The van der Waals surface area contributed by atoms with E-state index in [0.29, 0.717) is 17.9 Å². The van der Waals surface area contributed by atoms with Gasteiger partial charge in [0.2, 0.25) is 6.29 Å². The highest BCUT2D eigenvalue weighted by Crippen LogP contribution is 2.26. The van der Waals surface area contributed by atoms with Crippen LogP contribution in [0, 0.1) is 0 Å². The highest BCUT2D eigenvalue weighted by atomic mass is 16.7. The average Bonchev–Trinajstić information content (AvgIpc) is 2.70. The Morgan fingerprint density at radius 3 is 2.31 bits per heavy atom. The van der Waals surface area contributed by atoms with Gasteiger partial charge in [-0.2, -0.15) is 0 Å². The topological polar surface area (TPSA) is 109 Å². The van der Waals surface area contributed by atoms with Gasteiger partial charge in [0.15, 0.2) is 5.75 Å². The molecular formula is C22H36O7. The molecule has 0 amide bonds. The SMILES string of the molecule is CCCCCCCCCCCc1oc(=O)ccc1O[C@@H]1O[C@H](CO)[C@@H](O)C[C@H]1O. The van der Waals surface area contributed by atoms with Gasteiger partial charge in [-0.3, -0.25) is 0 Å². The molecule has 0 aromatic carbocycles. The van der Waals surface area contributed by atoms with Crippen molar-refractivity contribution in [3.8, 4) is 5.75 Å². The van der Waals surface area contributed by atoms with Crippen molar-refractivity contribution < 1.29 is 29.2 Å². The van der Waals surface area contributed by atoms with Gasteiger partial charge in [-0.1, -0.05) is 58.3 Å². The summed E-state index contributed by atoms with van der Waals surface area (Å²) in [5.41, 5.74) is -0.447. The van der Waals surface area contributed by atoms with Crippen LogP contribution in [-0.2, 0) is 11.2 Å². The molecule has 29 heavy (non-hydrogen) atoms. The lowest BCUT2D eigenvalue weighted by Gasteiger charge is -2.36. The van der Waals surface area contributed by atoms with E-state index in [1.54, 1.807) is 0 Å². The Kier molecular flexibility index (Phi) is 10.7. The van der Waals surface area contributed by atoms with Crippen LogP contribution in [0.2, 0.25) is 0 Å². The number of aliphatic hydroxyl groups is 3. The van der Waals surface area contributed by atoms with E-state index in [9.17, 15) is 20.1 Å². The van der Waals surface area contributed by atoms with Crippen LogP contribution in [0.15, 0.2) is 21.3 Å². The van der Waals surface area contributed by atoms with Crippen LogP contribution < -0.4 is 10.4 Å². The minimum absolute atomic E-state index is 0.0419. The van der Waals surface area contributed by atoms with Gasteiger partial charge < -0.3 is 29.2 Å². The van der Waals surface area contributed by atoms with Gasteiger partial charge in [0.05, 0.1) is 12.7 Å². The lowest BCUT2D eigenvalue weighted by atomic mass is 10.0. The standard InChI is InChI=1S/C22H36O7/c1-2-3-4-5-6-7-8-9-10-11-18-19(12-13-21(26)27-18)28-22-17(25)14-16(24)20(15-23)29-22/h12-13,16-17,20,22-25H,2-11,14-15H2,1H3/t16-,17+,20+,22+/m0/s1. The predicted molar refractivity (Wildman–Crippen MR) is 109 cm³/mol. The van der Waals surface area contributed by atoms with Crippen molar-refractivity contribution in [1.29, 1.82) is 0 Å². The van der Waals surface area contributed by atoms with Crippen molar-refractivity contribution in [2.75, 3.05) is 6.61 Å². The summed E-state index contributed by atoms with van der Waals surface area (Å²) in [5, 5.41) is 29.2. The third-order valence-electron chi connectivity index (χ3n) is 5.34. The van der Waals surface area contributed by atoms with Crippen molar-refractivity contribution in [1.82, 2.24) is 0 Å². The Bertz CT molecular complexity index is 630. The number of rotatable bonds is 13. The van der Waals surface area contributed by atoms with Gasteiger partial charge in [0.1, 0.15) is 18.0 Å². The lowest BCUT2D eigenvalue weighted by molar-refractivity contribution is -0.240.